The van der Waals surface area contributed by atoms with Crippen molar-refractivity contribution in [2.75, 3.05) is 0 Å². The fourth-order valence-electron chi connectivity index (χ4n) is 2.25. The average molecular weight is 208 g/mol. The lowest BCUT2D eigenvalue weighted by molar-refractivity contribution is -0.140. The van der Waals surface area contributed by atoms with Crippen molar-refractivity contribution in [1.82, 2.24) is 0 Å². The van der Waals surface area contributed by atoms with Crippen LogP contribution in [0.15, 0.2) is 12.1 Å². The van der Waals surface area contributed by atoms with Crippen LogP contribution in [0.3, 0.4) is 0 Å². The Morgan fingerprint density at radius 1 is 1.40 bits per heavy atom. The molecule has 2 nitrogen and oxygen atoms in total. The highest BCUT2D eigenvalue weighted by Gasteiger charge is 2.53. The predicted octanol–water partition coefficient (Wildman–Crippen LogP) is 2.56. The highest BCUT2D eigenvalue weighted by atomic mass is 19.1. The van der Waals surface area contributed by atoms with Crippen LogP contribution in [0.2, 0.25) is 0 Å². The lowest BCUT2D eigenvalue weighted by Gasteiger charge is -2.16. The lowest BCUT2D eigenvalue weighted by atomic mass is 9.88. The standard InChI is InChI=1S/C12H13FO2/c1-7-3-4-9(13)8(2)10(7)12(5-6-12)11(14)15/h3-4H,5-6H2,1-2H3,(H,14,15). The van der Waals surface area contributed by atoms with Gasteiger partial charge in [0.2, 0.25) is 0 Å². The minimum atomic E-state index is -0.834. The summed E-state index contributed by atoms with van der Waals surface area (Å²) in [5.74, 6) is -1.15. The van der Waals surface area contributed by atoms with Crippen LogP contribution in [0, 0.1) is 19.7 Å². The Hall–Kier alpha value is -1.38. The van der Waals surface area contributed by atoms with Crippen LogP contribution in [0.4, 0.5) is 4.39 Å². The minimum absolute atomic E-state index is 0.317. The SMILES string of the molecule is Cc1ccc(F)c(C)c1C1(C(=O)O)CC1. The second kappa shape index (κ2) is 3.05. The second-order valence-electron chi connectivity index (χ2n) is 4.25. The average Bonchev–Trinajstić information content (AvgIpc) is 2.93. The zero-order valence-corrected chi connectivity index (χ0v) is 8.80. The third-order valence-corrected chi connectivity index (χ3v) is 3.25. The molecule has 1 saturated carbocycles. The molecule has 2 rings (SSSR count). The number of carbonyl (C=O) groups is 1. The van der Waals surface area contributed by atoms with E-state index in [9.17, 15) is 14.3 Å². The Morgan fingerprint density at radius 2 is 2.00 bits per heavy atom. The van der Waals surface area contributed by atoms with Crippen LogP contribution in [-0.2, 0) is 10.2 Å². The maximum Gasteiger partial charge on any atom is 0.314 e. The normalized spacial score (nSPS) is 17.5. The van der Waals surface area contributed by atoms with Gasteiger partial charge in [-0.3, -0.25) is 4.79 Å². The predicted molar refractivity (Wildman–Crippen MR) is 54.4 cm³/mol. The summed E-state index contributed by atoms with van der Waals surface area (Å²) in [5, 5.41) is 9.17. The first kappa shape index (κ1) is 10.1. The summed E-state index contributed by atoms with van der Waals surface area (Å²) in [4.78, 5) is 11.2. The van der Waals surface area contributed by atoms with Gasteiger partial charge in [0.15, 0.2) is 0 Å². The van der Waals surface area contributed by atoms with Crippen molar-refractivity contribution in [2.24, 2.45) is 0 Å². The quantitative estimate of drug-likeness (QED) is 0.811. The first-order chi connectivity index (χ1) is 6.99. The Balaban J connectivity index is 2.62. The Bertz CT molecular complexity index is 433. The Kier molecular flexibility index (Phi) is 2.07. The zero-order chi connectivity index (χ0) is 11.2. The fraction of sp³-hybridized carbons (Fsp3) is 0.417. The molecule has 1 aliphatic rings. The van der Waals surface area contributed by atoms with Crippen LogP contribution >= 0.6 is 0 Å². The summed E-state index contributed by atoms with van der Waals surface area (Å²) in [6, 6.07) is 3.05. The van der Waals surface area contributed by atoms with E-state index in [1.54, 1.807) is 13.0 Å². The molecular weight excluding hydrogens is 195 g/mol. The van der Waals surface area contributed by atoms with Crippen molar-refractivity contribution in [3.05, 3.63) is 34.6 Å². The Labute approximate surface area is 87.7 Å². The van der Waals surface area contributed by atoms with E-state index in [1.807, 2.05) is 6.92 Å². The summed E-state index contributed by atoms with van der Waals surface area (Å²) >= 11 is 0. The number of aliphatic carboxylic acids is 1. The van der Waals surface area contributed by atoms with Crippen molar-refractivity contribution in [1.29, 1.82) is 0 Å². The molecule has 0 unspecified atom stereocenters. The number of hydrogen-bond donors (Lipinski definition) is 1. The third kappa shape index (κ3) is 1.34. The molecule has 0 amide bonds. The van der Waals surface area contributed by atoms with E-state index in [4.69, 9.17) is 0 Å². The first-order valence-corrected chi connectivity index (χ1v) is 4.98. The largest absolute Gasteiger partial charge is 0.481 e. The van der Waals surface area contributed by atoms with Gasteiger partial charge in [-0.15, -0.1) is 0 Å². The molecule has 0 radical (unpaired) electrons. The zero-order valence-electron chi connectivity index (χ0n) is 8.80. The number of carboxylic acid groups (broad SMARTS) is 1. The molecule has 0 atom stereocenters. The van der Waals surface area contributed by atoms with E-state index in [0.717, 1.165) is 5.56 Å². The maximum atomic E-state index is 13.4. The van der Waals surface area contributed by atoms with Gasteiger partial charge in [-0.25, -0.2) is 4.39 Å². The number of carboxylic acids is 1. The number of halogens is 1. The molecule has 1 aliphatic carbocycles. The van der Waals surface area contributed by atoms with Gasteiger partial charge in [-0.2, -0.15) is 0 Å². The molecule has 0 saturated heterocycles. The molecule has 0 bridgehead atoms. The molecule has 1 aromatic carbocycles. The minimum Gasteiger partial charge on any atom is -0.481 e. The smallest absolute Gasteiger partial charge is 0.314 e. The number of benzene rings is 1. The van der Waals surface area contributed by atoms with E-state index in [2.05, 4.69) is 0 Å². The molecule has 0 aliphatic heterocycles. The first-order valence-electron chi connectivity index (χ1n) is 4.98. The molecular formula is C12H13FO2. The van der Waals surface area contributed by atoms with E-state index in [0.29, 0.717) is 24.0 Å². The van der Waals surface area contributed by atoms with Gasteiger partial charge in [-0.05, 0) is 49.4 Å². The van der Waals surface area contributed by atoms with Crippen LogP contribution in [0.1, 0.15) is 29.5 Å². The summed E-state index contributed by atoms with van der Waals surface area (Å²) in [7, 11) is 0. The van der Waals surface area contributed by atoms with Gasteiger partial charge >= 0.3 is 5.97 Å². The van der Waals surface area contributed by atoms with E-state index in [1.165, 1.54) is 6.07 Å². The van der Waals surface area contributed by atoms with Crippen LogP contribution in [0.25, 0.3) is 0 Å². The summed E-state index contributed by atoms with van der Waals surface area (Å²) in [6.45, 7) is 3.49. The fourth-order valence-corrected chi connectivity index (χ4v) is 2.25. The van der Waals surface area contributed by atoms with Gasteiger partial charge in [0.25, 0.3) is 0 Å². The molecule has 3 heteroatoms. The van der Waals surface area contributed by atoms with Crippen LogP contribution in [0.5, 0.6) is 0 Å². The number of aryl methyl sites for hydroxylation is 1. The van der Waals surface area contributed by atoms with Gasteiger partial charge in [0.05, 0.1) is 5.41 Å². The van der Waals surface area contributed by atoms with Crippen molar-refractivity contribution in [3.8, 4) is 0 Å². The van der Waals surface area contributed by atoms with Gasteiger partial charge < -0.3 is 5.11 Å². The van der Waals surface area contributed by atoms with Gasteiger partial charge in [-0.1, -0.05) is 6.07 Å². The van der Waals surface area contributed by atoms with Gasteiger partial charge in [0, 0.05) is 0 Å². The van der Waals surface area contributed by atoms with Crippen LogP contribution in [-0.4, -0.2) is 11.1 Å². The summed E-state index contributed by atoms with van der Waals surface area (Å²) < 4.78 is 13.4. The monoisotopic (exact) mass is 208 g/mol. The van der Waals surface area contributed by atoms with E-state index in [-0.39, 0.29) is 5.82 Å². The molecule has 1 aromatic rings. The molecule has 1 fully saturated rings. The molecule has 0 heterocycles. The maximum absolute atomic E-state index is 13.4. The molecule has 15 heavy (non-hydrogen) atoms. The van der Waals surface area contributed by atoms with E-state index < -0.39 is 11.4 Å². The third-order valence-electron chi connectivity index (χ3n) is 3.25. The van der Waals surface area contributed by atoms with Crippen molar-refractivity contribution < 1.29 is 14.3 Å². The highest BCUT2D eigenvalue weighted by molar-refractivity contribution is 5.86. The topological polar surface area (TPSA) is 37.3 Å². The molecule has 80 valence electrons. The number of rotatable bonds is 2. The summed E-state index contributed by atoms with van der Waals surface area (Å²) in [5.41, 5.74) is 1.22. The second-order valence-corrected chi connectivity index (χ2v) is 4.25. The molecule has 0 spiro atoms. The Morgan fingerprint density at radius 3 is 2.47 bits per heavy atom. The molecule has 0 aromatic heterocycles. The summed E-state index contributed by atoms with van der Waals surface area (Å²) in [6.07, 6.45) is 1.24. The lowest BCUT2D eigenvalue weighted by Crippen LogP contribution is -2.22. The number of hydrogen-bond acceptors (Lipinski definition) is 1. The van der Waals surface area contributed by atoms with Crippen LogP contribution < -0.4 is 0 Å². The van der Waals surface area contributed by atoms with Crippen molar-refractivity contribution >= 4 is 5.97 Å². The van der Waals surface area contributed by atoms with Crippen molar-refractivity contribution in [3.63, 3.8) is 0 Å². The van der Waals surface area contributed by atoms with E-state index >= 15 is 0 Å². The van der Waals surface area contributed by atoms with Gasteiger partial charge in [0.1, 0.15) is 5.82 Å². The highest BCUT2D eigenvalue weighted by Crippen LogP contribution is 2.50. The molecule has 1 N–H and O–H groups in total. The van der Waals surface area contributed by atoms with Crippen molar-refractivity contribution in [2.45, 2.75) is 32.1 Å².